The molecule has 0 saturated carbocycles. The summed E-state index contributed by atoms with van der Waals surface area (Å²) in [6, 6.07) is 8.29. The van der Waals surface area contributed by atoms with Crippen molar-refractivity contribution in [3.63, 3.8) is 0 Å². The van der Waals surface area contributed by atoms with Crippen LogP contribution in [0.1, 0.15) is 24.6 Å². The molecule has 1 aliphatic heterocycles. The fourth-order valence-corrected chi connectivity index (χ4v) is 4.97. The number of aromatic nitrogens is 3. The smallest absolute Gasteiger partial charge is 0.269 e. The highest BCUT2D eigenvalue weighted by Gasteiger charge is 2.27. The van der Waals surface area contributed by atoms with E-state index in [0.29, 0.717) is 23.7 Å². The molecule has 1 aliphatic rings. The van der Waals surface area contributed by atoms with Crippen LogP contribution in [0.15, 0.2) is 47.6 Å². The summed E-state index contributed by atoms with van der Waals surface area (Å²) in [7, 11) is -3.76. The lowest BCUT2D eigenvalue weighted by Gasteiger charge is -2.28. The van der Waals surface area contributed by atoms with E-state index in [0.717, 1.165) is 22.5 Å². The summed E-state index contributed by atoms with van der Waals surface area (Å²) in [5.74, 6) is 0.271. The van der Waals surface area contributed by atoms with E-state index in [1.165, 1.54) is 12.4 Å². The maximum atomic E-state index is 13.0. The lowest BCUT2D eigenvalue weighted by atomic mass is 9.87. The van der Waals surface area contributed by atoms with Gasteiger partial charge in [-0.25, -0.2) is 22.4 Å². The molecule has 1 aromatic carbocycles. The molecule has 0 radical (unpaired) electrons. The van der Waals surface area contributed by atoms with Crippen LogP contribution < -0.4 is 10.6 Å². The van der Waals surface area contributed by atoms with Crippen molar-refractivity contribution in [1.29, 1.82) is 0 Å². The average molecular weight is 428 g/mol. The number of nitrogens with zero attached hydrogens (tertiary/aromatic N) is 3. The second-order valence-corrected chi connectivity index (χ2v) is 9.61. The predicted octanol–water partition coefficient (Wildman–Crippen LogP) is 1.84. The molecule has 0 unspecified atom stereocenters. The zero-order valence-corrected chi connectivity index (χ0v) is 17.8. The molecule has 8 nitrogen and oxygen atoms in total. The van der Waals surface area contributed by atoms with Gasteiger partial charge in [-0.2, -0.15) is 0 Å². The Morgan fingerprint density at radius 1 is 1.27 bits per heavy atom. The zero-order valence-electron chi connectivity index (χ0n) is 17.0. The topological polar surface area (TPSA) is 106 Å². The largest absolute Gasteiger partial charge is 0.350 e. The van der Waals surface area contributed by atoms with Gasteiger partial charge in [-0.3, -0.25) is 4.79 Å². The van der Waals surface area contributed by atoms with Gasteiger partial charge in [0.25, 0.3) is 10.0 Å². The molecule has 1 saturated heterocycles. The number of carbonyl (C=O) groups is 1. The summed E-state index contributed by atoms with van der Waals surface area (Å²) in [5, 5.41) is 6.18. The highest BCUT2D eigenvalue weighted by molar-refractivity contribution is 7.90. The van der Waals surface area contributed by atoms with Crippen molar-refractivity contribution in [2.75, 3.05) is 13.1 Å². The summed E-state index contributed by atoms with van der Waals surface area (Å²) in [5.41, 5.74) is 2.29. The van der Waals surface area contributed by atoms with Crippen LogP contribution in [0.5, 0.6) is 0 Å². The van der Waals surface area contributed by atoms with E-state index in [-0.39, 0.29) is 28.9 Å². The van der Waals surface area contributed by atoms with Crippen molar-refractivity contribution in [3.8, 4) is 0 Å². The summed E-state index contributed by atoms with van der Waals surface area (Å²) < 4.78 is 27.1. The Hall–Kier alpha value is -2.78. The van der Waals surface area contributed by atoms with Gasteiger partial charge in [0.2, 0.25) is 5.91 Å². The predicted molar refractivity (Wildman–Crippen MR) is 113 cm³/mol. The number of amides is 1. The summed E-state index contributed by atoms with van der Waals surface area (Å²) in [6.45, 7) is 5.86. The molecule has 0 bridgehead atoms. The number of piperidine rings is 1. The lowest BCUT2D eigenvalue weighted by molar-refractivity contribution is -0.127. The molecular formula is C21H25N5O3S. The van der Waals surface area contributed by atoms with E-state index in [4.69, 9.17) is 0 Å². The van der Waals surface area contributed by atoms with Gasteiger partial charge in [0.15, 0.2) is 5.65 Å². The highest BCUT2D eigenvalue weighted by atomic mass is 32.2. The first kappa shape index (κ1) is 20.5. The van der Waals surface area contributed by atoms with Crippen LogP contribution in [-0.4, -0.2) is 41.4 Å². The second kappa shape index (κ2) is 8.16. The van der Waals surface area contributed by atoms with E-state index >= 15 is 0 Å². The van der Waals surface area contributed by atoms with Crippen LogP contribution in [0.25, 0.3) is 11.2 Å². The fourth-order valence-electron chi connectivity index (χ4n) is 3.68. The molecule has 158 valence electrons. The lowest BCUT2D eigenvalue weighted by Crippen LogP contribution is -2.44. The van der Waals surface area contributed by atoms with Crippen molar-refractivity contribution in [1.82, 2.24) is 24.6 Å². The first-order chi connectivity index (χ1) is 14.4. The van der Waals surface area contributed by atoms with Crippen LogP contribution in [0.2, 0.25) is 0 Å². The quantitative estimate of drug-likeness (QED) is 0.644. The molecule has 3 heterocycles. The van der Waals surface area contributed by atoms with E-state index in [2.05, 4.69) is 27.5 Å². The Kier molecular flexibility index (Phi) is 5.57. The molecule has 2 atom stereocenters. The number of carbonyl (C=O) groups excluding carboxylic acids is 1. The standard InChI is InChI=1S/C21H25N5O3S/c1-14-3-5-17(6-4-14)30(28,29)26-10-8-19-20(26)23-11-16(25-19)12-24-21(27)18-13-22-9-7-15(18)2/h3-6,8,10-11,15,18,22H,7,9,12-13H2,1-2H3,(H,24,27)/t15-,18+/m1/s1. The van der Waals surface area contributed by atoms with E-state index in [1.54, 1.807) is 30.3 Å². The average Bonchev–Trinajstić information content (AvgIpc) is 3.17. The van der Waals surface area contributed by atoms with Crippen LogP contribution in [0.4, 0.5) is 0 Å². The molecule has 0 spiro atoms. The van der Waals surface area contributed by atoms with E-state index in [9.17, 15) is 13.2 Å². The van der Waals surface area contributed by atoms with E-state index in [1.807, 2.05) is 6.92 Å². The minimum absolute atomic E-state index is 0.00360. The molecule has 1 amide bonds. The van der Waals surface area contributed by atoms with Crippen LogP contribution in [-0.2, 0) is 21.4 Å². The Labute approximate surface area is 175 Å². The maximum absolute atomic E-state index is 13.0. The van der Waals surface area contributed by atoms with Crippen LogP contribution in [0, 0.1) is 18.8 Å². The summed E-state index contributed by atoms with van der Waals surface area (Å²) in [4.78, 5) is 21.5. The van der Waals surface area contributed by atoms with Gasteiger partial charge < -0.3 is 10.6 Å². The number of fused-ring (bicyclic) bond motifs is 1. The monoisotopic (exact) mass is 427 g/mol. The highest BCUT2D eigenvalue weighted by Crippen LogP contribution is 2.21. The Balaban J connectivity index is 1.52. The first-order valence-electron chi connectivity index (χ1n) is 10.00. The summed E-state index contributed by atoms with van der Waals surface area (Å²) >= 11 is 0. The number of aryl methyl sites for hydroxylation is 1. The number of hydrogen-bond donors (Lipinski definition) is 2. The zero-order chi connectivity index (χ0) is 21.3. The van der Waals surface area contributed by atoms with Gasteiger partial charge in [-0.1, -0.05) is 24.6 Å². The van der Waals surface area contributed by atoms with Crippen molar-refractivity contribution in [3.05, 3.63) is 54.0 Å². The Bertz CT molecular complexity index is 1170. The Morgan fingerprint density at radius 2 is 2.03 bits per heavy atom. The van der Waals surface area contributed by atoms with Crippen molar-refractivity contribution in [2.45, 2.75) is 31.7 Å². The van der Waals surface area contributed by atoms with Gasteiger partial charge in [0.1, 0.15) is 5.52 Å². The fraction of sp³-hybridized carbons (Fsp3) is 0.381. The molecule has 30 heavy (non-hydrogen) atoms. The molecule has 0 aliphatic carbocycles. The minimum atomic E-state index is -3.76. The van der Waals surface area contributed by atoms with Crippen molar-refractivity contribution in [2.24, 2.45) is 11.8 Å². The maximum Gasteiger partial charge on any atom is 0.269 e. The third-order valence-corrected chi connectivity index (χ3v) is 7.27. The molecule has 4 rings (SSSR count). The second-order valence-electron chi connectivity index (χ2n) is 7.79. The SMILES string of the molecule is Cc1ccc(S(=O)(=O)n2ccc3nc(CNC(=O)[C@H]4CNCC[C@H]4C)cnc32)cc1. The molecule has 1 fully saturated rings. The summed E-state index contributed by atoms with van der Waals surface area (Å²) in [6.07, 6.45) is 3.94. The molecule has 9 heteroatoms. The number of hydrogen-bond acceptors (Lipinski definition) is 6. The van der Waals surface area contributed by atoms with E-state index < -0.39 is 10.0 Å². The minimum Gasteiger partial charge on any atom is -0.350 e. The Morgan fingerprint density at radius 3 is 2.77 bits per heavy atom. The number of nitrogens with one attached hydrogen (secondary N) is 2. The molecule has 2 N–H and O–H groups in total. The van der Waals surface area contributed by atoms with Crippen molar-refractivity contribution >= 4 is 27.1 Å². The number of rotatable bonds is 5. The first-order valence-corrected chi connectivity index (χ1v) is 11.4. The third-order valence-electron chi connectivity index (χ3n) is 5.59. The van der Waals surface area contributed by atoms with Gasteiger partial charge in [-0.05, 0) is 44.0 Å². The van der Waals surface area contributed by atoms with Gasteiger partial charge in [0, 0.05) is 12.7 Å². The normalized spacial score (nSPS) is 19.7. The molecular weight excluding hydrogens is 402 g/mol. The van der Waals surface area contributed by atoms with Gasteiger partial charge in [-0.15, -0.1) is 0 Å². The third kappa shape index (κ3) is 3.95. The number of benzene rings is 1. The van der Waals surface area contributed by atoms with Gasteiger partial charge in [0.05, 0.1) is 29.2 Å². The van der Waals surface area contributed by atoms with Crippen LogP contribution >= 0.6 is 0 Å². The van der Waals surface area contributed by atoms with Crippen molar-refractivity contribution < 1.29 is 13.2 Å². The molecule has 3 aromatic rings. The van der Waals surface area contributed by atoms with Crippen LogP contribution in [0.3, 0.4) is 0 Å². The van der Waals surface area contributed by atoms with Gasteiger partial charge >= 0.3 is 0 Å². The molecule has 2 aromatic heterocycles.